The van der Waals surface area contributed by atoms with Gasteiger partial charge in [0.2, 0.25) is 5.28 Å². The van der Waals surface area contributed by atoms with Gasteiger partial charge < -0.3 is 10.1 Å². The van der Waals surface area contributed by atoms with Crippen molar-refractivity contribution < 1.29 is 13.9 Å². The molecule has 0 saturated heterocycles. The van der Waals surface area contributed by atoms with Crippen LogP contribution in [0, 0.1) is 11.7 Å². The van der Waals surface area contributed by atoms with E-state index in [1.807, 2.05) is 30.3 Å². The molecule has 7 heteroatoms. The summed E-state index contributed by atoms with van der Waals surface area (Å²) >= 11 is 5.75. The summed E-state index contributed by atoms with van der Waals surface area (Å²) in [6.45, 7) is 0.244. The molecule has 5 nitrogen and oxygen atoms in total. The zero-order valence-corrected chi connectivity index (χ0v) is 15.1. The zero-order valence-electron chi connectivity index (χ0n) is 14.3. The Morgan fingerprint density at radius 3 is 2.92 bits per heavy atom. The third kappa shape index (κ3) is 5.39. The van der Waals surface area contributed by atoms with E-state index < -0.39 is 11.9 Å². The molecule has 0 aliphatic heterocycles. The van der Waals surface area contributed by atoms with Gasteiger partial charge in [0.05, 0.1) is 11.9 Å². The van der Waals surface area contributed by atoms with Gasteiger partial charge in [-0.2, -0.15) is 0 Å². The molecule has 1 aliphatic rings. The van der Waals surface area contributed by atoms with Gasteiger partial charge >= 0.3 is 6.09 Å². The monoisotopic (exact) mass is 377 g/mol. The molecule has 2 atom stereocenters. The molecule has 1 aliphatic carbocycles. The van der Waals surface area contributed by atoms with Crippen molar-refractivity contribution in [1.82, 2.24) is 15.3 Å². The highest BCUT2D eigenvalue weighted by Gasteiger charge is 2.25. The number of amides is 1. The van der Waals surface area contributed by atoms with Gasteiger partial charge in [-0.15, -0.1) is 0 Å². The molecule has 0 radical (unpaired) electrons. The fourth-order valence-electron chi connectivity index (χ4n) is 3.33. The Labute approximate surface area is 157 Å². The average Bonchev–Trinajstić information content (AvgIpc) is 2.64. The number of aromatic nitrogens is 2. The van der Waals surface area contributed by atoms with Crippen LogP contribution in [-0.2, 0) is 17.8 Å². The first-order valence-electron chi connectivity index (χ1n) is 8.74. The third-order valence-corrected chi connectivity index (χ3v) is 4.77. The Bertz CT molecular complexity index is 745. The average molecular weight is 378 g/mol. The van der Waals surface area contributed by atoms with E-state index in [0.717, 1.165) is 37.4 Å². The first-order valence-corrected chi connectivity index (χ1v) is 9.12. The van der Waals surface area contributed by atoms with E-state index in [1.165, 1.54) is 0 Å². The van der Waals surface area contributed by atoms with Crippen LogP contribution in [0.15, 0.2) is 36.5 Å². The minimum absolute atomic E-state index is 0.0254. The number of halogens is 2. The highest BCUT2D eigenvalue weighted by molar-refractivity contribution is 6.28. The highest BCUT2D eigenvalue weighted by atomic mass is 35.5. The molecule has 1 N–H and O–H groups in total. The summed E-state index contributed by atoms with van der Waals surface area (Å²) in [5, 5.41) is 2.97. The number of carbonyl (C=O) groups is 1. The van der Waals surface area contributed by atoms with Crippen LogP contribution in [0.5, 0.6) is 0 Å². The standard InChI is InChI=1S/C19H21ClFN3O2/c20-18-22-11-16(21)17(24-18)10-14-7-4-8-15(9-14)23-19(25)26-12-13-5-2-1-3-6-13/h1-3,5-6,11,14-15H,4,7-10,12H2,(H,23,25)/t14-,15+/m0/s1. The molecule has 3 rings (SSSR count). The second kappa shape index (κ2) is 8.94. The van der Waals surface area contributed by atoms with Gasteiger partial charge in [0, 0.05) is 6.04 Å². The second-order valence-electron chi connectivity index (χ2n) is 6.57. The van der Waals surface area contributed by atoms with Crippen molar-refractivity contribution in [3.05, 3.63) is 58.9 Å². The fourth-order valence-corrected chi connectivity index (χ4v) is 3.48. The molecular weight excluding hydrogens is 357 g/mol. The largest absolute Gasteiger partial charge is 0.445 e. The van der Waals surface area contributed by atoms with Crippen LogP contribution < -0.4 is 5.32 Å². The van der Waals surface area contributed by atoms with E-state index in [4.69, 9.17) is 16.3 Å². The minimum atomic E-state index is -0.438. The Balaban J connectivity index is 1.48. The number of rotatable bonds is 5. The number of alkyl carbamates (subject to hydrolysis) is 1. The summed E-state index contributed by atoms with van der Waals surface area (Å²) in [7, 11) is 0. The number of carbonyl (C=O) groups excluding carboxylic acids is 1. The maximum Gasteiger partial charge on any atom is 0.407 e. The van der Waals surface area contributed by atoms with Gasteiger partial charge in [-0.05, 0) is 48.8 Å². The van der Waals surface area contributed by atoms with Crippen LogP contribution in [0.1, 0.15) is 36.9 Å². The first kappa shape index (κ1) is 18.6. The lowest BCUT2D eigenvalue weighted by Gasteiger charge is -2.29. The van der Waals surface area contributed by atoms with E-state index in [2.05, 4.69) is 15.3 Å². The van der Waals surface area contributed by atoms with Gasteiger partial charge in [-0.25, -0.2) is 19.2 Å². The number of hydrogen-bond donors (Lipinski definition) is 1. The molecule has 26 heavy (non-hydrogen) atoms. The van der Waals surface area contributed by atoms with Crippen LogP contribution in [-0.4, -0.2) is 22.1 Å². The van der Waals surface area contributed by atoms with Gasteiger partial charge in [-0.3, -0.25) is 0 Å². The lowest BCUT2D eigenvalue weighted by molar-refractivity contribution is 0.130. The van der Waals surface area contributed by atoms with Crippen molar-refractivity contribution in [3.8, 4) is 0 Å². The Morgan fingerprint density at radius 1 is 1.31 bits per heavy atom. The smallest absolute Gasteiger partial charge is 0.407 e. The van der Waals surface area contributed by atoms with Crippen LogP contribution in [0.2, 0.25) is 5.28 Å². The summed E-state index contributed by atoms with van der Waals surface area (Å²) in [5.41, 5.74) is 1.28. The molecule has 1 saturated carbocycles. The van der Waals surface area contributed by atoms with Crippen molar-refractivity contribution >= 4 is 17.7 Å². The Morgan fingerprint density at radius 2 is 2.12 bits per heavy atom. The summed E-state index contributed by atoms with van der Waals surface area (Å²) in [4.78, 5) is 19.6. The highest BCUT2D eigenvalue weighted by Crippen LogP contribution is 2.28. The summed E-state index contributed by atoms with van der Waals surface area (Å²) in [6.07, 6.45) is 4.77. The van der Waals surface area contributed by atoms with E-state index >= 15 is 0 Å². The second-order valence-corrected chi connectivity index (χ2v) is 6.91. The molecule has 1 fully saturated rings. The van der Waals surface area contributed by atoms with Crippen LogP contribution >= 0.6 is 11.6 Å². The van der Waals surface area contributed by atoms with Crippen molar-refractivity contribution in [1.29, 1.82) is 0 Å². The number of nitrogens with one attached hydrogen (secondary N) is 1. The molecular formula is C19H21ClFN3O2. The number of ether oxygens (including phenoxy) is 1. The molecule has 138 valence electrons. The lowest BCUT2D eigenvalue weighted by Crippen LogP contribution is -2.39. The number of hydrogen-bond acceptors (Lipinski definition) is 4. The zero-order chi connectivity index (χ0) is 18.4. The predicted molar refractivity (Wildman–Crippen MR) is 96.2 cm³/mol. The van der Waals surface area contributed by atoms with Gasteiger partial charge in [0.25, 0.3) is 0 Å². The molecule has 0 spiro atoms. The Kier molecular flexibility index (Phi) is 6.39. The molecule has 2 aromatic rings. The van der Waals surface area contributed by atoms with Gasteiger partial charge in [0.15, 0.2) is 5.82 Å². The van der Waals surface area contributed by atoms with Crippen molar-refractivity contribution in [3.63, 3.8) is 0 Å². The molecule has 0 unspecified atom stereocenters. The molecule has 0 bridgehead atoms. The van der Waals surface area contributed by atoms with Gasteiger partial charge in [-0.1, -0.05) is 36.8 Å². The number of benzene rings is 1. The lowest BCUT2D eigenvalue weighted by atomic mass is 9.83. The molecule has 1 aromatic carbocycles. The topological polar surface area (TPSA) is 64.1 Å². The maximum absolute atomic E-state index is 13.8. The SMILES string of the molecule is O=C(N[C@@H]1CCC[C@H](Cc2nc(Cl)ncc2F)C1)OCc1ccccc1. The molecule has 1 heterocycles. The van der Waals surface area contributed by atoms with E-state index in [0.29, 0.717) is 12.1 Å². The van der Waals surface area contributed by atoms with E-state index in [1.54, 1.807) is 0 Å². The summed E-state index contributed by atoms with van der Waals surface area (Å²) in [5.74, 6) is -0.199. The third-order valence-electron chi connectivity index (χ3n) is 4.59. The van der Waals surface area contributed by atoms with E-state index in [9.17, 15) is 9.18 Å². The Hall–Kier alpha value is -2.21. The van der Waals surface area contributed by atoms with Crippen LogP contribution in [0.3, 0.4) is 0 Å². The quantitative estimate of drug-likeness (QED) is 0.789. The van der Waals surface area contributed by atoms with Crippen LogP contribution in [0.25, 0.3) is 0 Å². The fraction of sp³-hybridized carbons (Fsp3) is 0.421. The predicted octanol–water partition coefficient (Wildman–Crippen LogP) is 4.30. The van der Waals surface area contributed by atoms with Crippen LogP contribution in [0.4, 0.5) is 9.18 Å². The van der Waals surface area contributed by atoms with Crippen molar-refractivity contribution in [2.24, 2.45) is 5.92 Å². The van der Waals surface area contributed by atoms with Gasteiger partial charge in [0.1, 0.15) is 6.61 Å². The number of nitrogens with zero attached hydrogens (tertiary/aromatic N) is 2. The van der Waals surface area contributed by atoms with Crippen molar-refractivity contribution in [2.75, 3.05) is 0 Å². The molecule has 1 amide bonds. The maximum atomic E-state index is 13.8. The molecule has 1 aromatic heterocycles. The van der Waals surface area contributed by atoms with Crippen molar-refractivity contribution in [2.45, 2.75) is 44.8 Å². The normalized spacial score (nSPS) is 19.8. The first-order chi connectivity index (χ1) is 12.6. The summed E-state index contributed by atoms with van der Waals surface area (Å²) in [6, 6.07) is 9.56. The minimum Gasteiger partial charge on any atom is -0.445 e. The van der Waals surface area contributed by atoms with E-state index in [-0.39, 0.29) is 23.9 Å². The summed E-state index contributed by atoms with van der Waals surface area (Å²) < 4.78 is 19.1.